The molecule has 1 aliphatic rings. The van der Waals surface area contributed by atoms with Gasteiger partial charge in [-0.3, -0.25) is 19.2 Å². The van der Waals surface area contributed by atoms with E-state index in [9.17, 15) is 29.1 Å². The van der Waals surface area contributed by atoms with Gasteiger partial charge in [-0.2, -0.15) is 0 Å². The molecule has 8 N–H and O–H groups in total. The number of aliphatic carboxylic acids is 1. The van der Waals surface area contributed by atoms with E-state index in [1.165, 1.54) is 4.90 Å². The Morgan fingerprint density at radius 1 is 0.822 bits per heavy atom. The van der Waals surface area contributed by atoms with Crippen molar-refractivity contribution in [3.63, 3.8) is 0 Å². The predicted molar refractivity (Wildman–Crippen MR) is 170 cm³/mol. The smallest absolute Gasteiger partial charge is 0.326 e. The molecule has 1 heterocycles. The van der Waals surface area contributed by atoms with E-state index in [-0.39, 0.29) is 44.7 Å². The molecule has 1 fully saturated rings. The molecule has 2 aromatic carbocycles. The van der Waals surface area contributed by atoms with E-state index >= 15 is 0 Å². The first-order valence-corrected chi connectivity index (χ1v) is 15.5. The van der Waals surface area contributed by atoms with E-state index in [4.69, 9.17) is 11.5 Å². The second kappa shape index (κ2) is 17.3. The number of carboxylic acids is 1. The minimum atomic E-state index is -1.10. The summed E-state index contributed by atoms with van der Waals surface area (Å²) in [6.45, 7) is 4.13. The summed E-state index contributed by atoms with van der Waals surface area (Å²) in [5.41, 5.74) is 13.6. The molecular formula is C33H46N6O6. The van der Waals surface area contributed by atoms with Crippen LogP contribution in [0.2, 0.25) is 0 Å². The highest BCUT2D eigenvalue weighted by atomic mass is 16.4. The fourth-order valence-electron chi connectivity index (χ4n) is 5.46. The van der Waals surface area contributed by atoms with Crippen LogP contribution in [0.3, 0.4) is 0 Å². The zero-order valence-corrected chi connectivity index (χ0v) is 26.0. The van der Waals surface area contributed by atoms with Crippen molar-refractivity contribution in [1.29, 1.82) is 0 Å². The van der Waals surface area contributed by atoms with Crippen LogP contribution in [-0.2, 0) is 36.8 Å². The summed E-state index contributed by atoms with van der Waals surface area (Å²) in [6, 6.07) is 13.5. The van der Waals surface area contributed by atoms with Crippen LogP contribution in [0, 0.1) is 5.92 Å². The van der Waals surface area contributed by atoms with Crippen LogP contribution in [0.1, 0.15) is 50.7 Å². The summed E-state index contributed by atoms with van der Waals surface area (Å²) in [4.78, 5) is 66.7. The SMILES string of the molecule is CC(C)C[C@@H](NC(=O)[C@@H](Cc1ccccc1)NC(=O)[C@H](N)Cc1ccccc1)C(=O)N[C@H](CCN)C(=O)N1CCC[C@H]1C(=O)O. The van der Waals surface area contributed by atoms with E-state index in [0.29, 0.717) is 12.8 Å². The Balaban J connectivity index is 1.77. The molecule has 0 bridgehead atoms. The number of amides is 4. The minimum Gasteiger partial charge on any atom is -0.480 e. The molecule has 0 saturated carbocycles. The summed E-state index contributed by atoms with van der Waals surface area (Å²) in [7, 11) is 0. The monoisotopic (exact) mass is 622 g/mol. The average Bonchev–Trinajstić information content (AvgIpc) is 3.51. The van der Waals surface area contributed by atoms with Gasteiger partial charge >= 0.3 is 5.97 Å². The highest BCUT2D eigenvalue weighted by Crippen LogP contribution is 2.19. The van der Waals surface area contributed by atoms with E-state index in [1.807, 2.05) is 74.5 Å². The van der Waals surface area contributed by atoms with Gasteiger partial charge in [-0.1, -0.05) is 74.5 Å². The molecule has 4 amide bonds. The molecule has 0 radical (unpaired) electrons. The number of benzene rings is 2. The molecule has 0 spiro atoms. The van der Waals surface area contributed by atoms with Crippen molar-refractivity contribution in [1.82, 2.24) is 20.9 Å². The second-order valence-electron chi connectivity index (χ2n) is 11.9. The first-order chi connectivity index (χ1) is 21.5. The summed E-state index contributed by atoms with van der Waals surface area (Å²) in [5.74, 6) is -3.31. The minimum absolute atomic E-state index is 0.0128. The van der Waals surface area contributed by atoms with Crippen molar-refractivity contribution in [3.05, 3.63) is 71.8 Å². The van der Waals surface area contributed by atoms with Crippen LogP contribution in [-0.4, -0.2) is 82.9 Å². The first kappa shape index (κ1) is 35.2. The molecule has 3 rings (SSSR count). The molecule has 12 nitrogen and oxygen atoms in total. The number of carboxylic acid groups (broad SMARTS) is 1. The zero-order valence-electron chi connectivity index (χ0n) is 26.0. The van der Waals surface area contributed by atoms with Gasteiger partial charge < -0.3 is 37.4 Å². The van der Waals surface area contributed by atoms with Crippen LogP contribution < -0.4 is 27.4 Å². The molecule has 2 aromatic rings. The maximum atomic E-state index is 13.7. The van der Waals surface area contributed by atoms with E-state index in [2.05, 4.69) is 16.0 Å². The maximum Gasteiger partial charge on any atom is 0.326 e. The van der Waals surface area contributed by atoms with Gasteiger partial charge in [0.05, 0.1) is 6.04 Å². The van der Waals surface area contributed by atoms with Crippen molar-refractivity contribution in [2.24, 2.45) is 17.4 Å². The first-order valence-electron chi connectivity index (χ1n) is 15.5. The Hall–Kier alpha value is -4.29. The summed E-state index contributed by atoms with van der Waals surface area (Å²) in [6.07, 6.45) is 1.67. The van der Waals surface area contributed by atoms with Crippen LogP contribution >= 0.6 is 0 Å². The van der Waals surface area contributed by atoms with Gasteiger partial charge in [-0.15, -0.1) is 0 Å². The van der Waals surface area contributed by atoms with Gasteiger partial charge in [0.25, 0.3) is 0 Å². The molecular weight excluding hydrogens is 576 g/mol. The topological polar surface area (TPSA) is 197 Å². The highest BCUT2D eigenvalue weighted by molar-refractivity contribution is 5.95. The van der Waals surface area contributed by atoms with Crippen molar-refractivity contribution in [3.8, 4) is 0 Å². The second-order valence-corrected chi connectivity index (χ2v) is 11.9. The fourth-order valence-corrected chi connectivity index (χ4v) is 5.46. The molecule has 0 aliphatic carbocycles. The summed E-state index contributed by atoms with van der Waals surface area (Å²) >= 11 is 0. The quantitative estimate of drug-likeness (QED) is 0.157. The third-order valence-corrected chi connectivity index (χ3v) is 7.78. The van der Waals surface area contributed by atoms with Gasteiger partial charge in [0.2, 0.25) is 23.6 Å². The molecule has 1 saturated heterocycles. The molecule has 45 heavy (non-hydrogen) atoms. The van der Waals surface area contributed by atoms with Crippen molar-refractivity contribution in [2.45, 2.75) is 82.6 Å². The van der Waals surface area contributed by atoms with Crippen molar-refractivity contribution < 1.29 is 29.1 Å². The van der Waals surface area contributed by atoms with E-state index in [1.54, 1.807) is 0 Å². The van der Waals surface area contributed by atoms with Gasteiger partial charge in [-0.25, -0.2) is 4.79 Å². The third kappa shape index (κ3) is 10.7. The summed E-state index contributed by atoms with van der Waals surface area (Å²) in [5, 5.41) is 17.8. The average molecular weight is 623 g/mol. The Bertz CT molecular complexity index is 1290. The predicted octanol–water partition coefficient (Wildman–Crippen LogP) is 0.724. The van der Waals surface area contributed by atoms with Crippen molar-refractivity contribution in [2.75, 3.05) is 13.1 Å². The van der Waals surface area contributed by atoms with Crippen LogP contribution in [0.4, 0.5) is 0 Å². The number of likely N-dealkylation sites (tertiary alicyclic amines) is 1. The largest absolute Gasteiger partial charge is 0.480 e. The van der Waals surface area contributed by atoms with E-state index < -0.39 is 59.8 Å². The Morgan fingerprint density at radius 3 is 1.91 bits per heavy atom. The molecule has 244 valence electrons. The van der Waals surface area contributed by atoms with E-state index in [0.717, 1.165) is 11.1 Å². The number of rotatable bonds is 16. The lowest BCUT2D eigenvalue weighted by molar-refractivity contribution is -0.149. The van der Waals surface area contributed by atoms with Gasteiger partial charge in [0.15, 0.2) is 0 Å². The fraction of sp³-hybridized carbons (Fsp3) is 0.485. The number of hydrogen-bond donors (Lipinski definition) is 6. The van der Waals surface area contributed by atoms with Gasteiger partial charge in [-0.05, 0) is 55.7 Å². The van der Waals surface area contributed by atoms with Crippen LogP contribution in [0.15, 0.2) is 60.7 Å². The van der Waals surface area contributed by atoms with Gasteiger partial charge in [0.1, 0.15) is 24.2 Å². The highest BCUT2D eigenvalue weighted by Gasteiger charge is 2.38. The zero-order chi connectivity index (χ0) is 32.9. The Kier molecular flexibility index (Phi) is 13.5. The number of carbonyl (C=O) groups is 5. The van der Waals surface area contributed by atoms with Crippen LogP contribution in [0.5, 0.6) is 0 Å². The number of nitrogens with two attached hydrogens (primary N) is 2. The number of hydrogen-bond acceptors (Lipinski definition) is 7. The molecule has 0 aromatic heterocycles. The summed E-state index contributed by atoms with van der Waals surface area (Å²) < 4.78 is 0. The number of nitrogens with one attached hydrogen (secondary N) is 3. The maximum absolute atomic E-state index is 13.7. The number of nitrogens with zero attached hydrogens (tertiary/aromatic N) is 1. The molecule has 12 heteroatoms. The Morgan fingerprint density at radius 2 is 1.36 bits per heavy atom. The lowest BCUT2D eigenvalue weighted by Gasteiger charge is -2.29. The van der Waals surface area contributed by atoms with Crippen molar-refractivity contribution >= 4 is 29.6 Å². The lowest BCUT2D eigenvalue weighted by Crippen LogP contribution is -2.59. The Labute approximate surface area is 264 Å². The molecule has 0 unspecified atom stereocenters. The van der Waals surface area contributed by atoms with Crippen LogP contribution in [0.25, 0.3) is 0 Å². The number of carbonyl (C=O) groups excluding carboxylic acids is 4. The van der Waals surface area contributed by atoms with Gasteiger partial charge in [0, 0.05) is 13.0 Å². The standard InChI is InChI=1S/C33H46N6O6/c1-21(2)18-26(30(41)36-25(15-16-34)32(43)39-17-9-14-28(39)33(44)45)38-31(42)27(20-23-12-7-4-8-13-23)37-29(40)24(35)19-22-10-5-3-6-11-22/h3-8,10-13,21,24-28H,9,14-20,34-35H2,1-2H3,(H,36,41)(H,37,40)(H,38,42)(H,44,45)/t24-,25-,26-,27-,28+/m1/s1. The lowest BCUT2D eigenvalue weighted by atomic mass is 10.00. The molecule has 5 atom stereocenters. The molecule has 1 aliphatic heterocycles. The third-order valence-electron chi connectivity index (χ3n) is 7.78. The normalized spacial score (nSPS) is 17.2.